The van der Waals surface area contributed by atoms with Gasteiger partial charge in [0.25, 0.3) is 0 Å². The second-order valence-electron chi connectivity index (χ2n) is 4.40. The van der Waals surface area contributed by atoms with E-state index in [1.54, 1.807) is 0 Å². The molecule has 17 heavy (non-hydrogen) atoms. The zero-order chi connectivity index (χ0) is 12.5. The molecular formula is C14H23NO2. The van der Waals surface area contributed by atoms with E-state index in [4.69, 9.17) is 4.74 Å². The van der Waals surface area contributed by atoms with Gasteiger partial charge in [-0.3, -0.25) is 0 Å². The summed E-state index contributed by atoms with van der Waals surface area (Å²) in [5.74, 6) is 0. The van der Waals surface area contributed by atoms with Crippen LogP contribution in [0.5, 0.6) is 0 Å². The molecule has 0 radical (unpaired) electrons. The van der Waals surface area contributed by atoms with Crippen molar-refractivity contribution in [1.29, 1.82) is 0 Å². The Hall–Kier alpha value is -0.900. The first-order chi connectivity index (χ1) is 8.20. The van der Waals surface area contributed by atoms with Crippen molar-refractivity contribution in [2.45, 2.75) is 32.5 Å². The molecule has 0 aliphatic rings. The third-order valence-electron chi connectivity index (χ3n) is 2.47. The molecule has 0 amide bonds. The Morgan fingerprint density at radius 1 is 1.24 bits per heavy atom. The van der Waals surface area contributed by atoms with Crippen molar-refractivity contribution in [2.24, 2.45) is 0 Å². The molecule has 0 saturated heterocycles. The van der Waals surface area contributed by atoms with Crippen molar-refractivity contribution in [3.05, 3.63) is 35.9 Å². The Bertz CT molecular complexity index is 288. The van der Waals surface area contributed by atoms with Gasteiger partial charge in [0.15, 0.2) is 0 Å². The predicted molar refractivity (Wildman–Crippen MR) is 70.0 cm³/mol. The van der Waals surface area contributed by atoms with Crippen molar-refractivity contribution in [3.8, 4) is 0 Å². The second kappa shape index (κ2) is 8.23. The van der Waals surface area contributed by atoms with E-state index in [2.05, 4.69) is 5.32 Å². The maximum atomic E-state index is 9.87. The third kappa shape index (κ3) is 6.41. The van der Waals surface area contributed by atoms with E-state index in [1.807, 2.05) is 44.2 Å². The quantitative estimate of drug-likeness (QED) is 0.681. The van der Waals surface area contributed by atoms with Gasteiger partial charge in [-0.25, -0.2) is 0 Å². The molecule has 3 nitrogen and oxygen atoms in total. The van der Waals surface area contributed by atoms with Crippen LogP contribution in [0.15, 0.2) is 30.3 Å². The van der Waals surface area contributed by atoms with E-state index in [1.165, 1.54) is 0 Å². The van der Waals surface area contributed by atoms with Gasteiger partial charge in [0, 0.05) is 13.2 Å². The van der Waals surface area contributed by atoms with E-state index >= 15 is 0 Å². The lowest BCUT2D eigenvalue weighted by Crippen LogP contribution is -2.23. The topological polar surface area (TPSA) is 41.5 Å². The monoisotopic (exact) mass is 237 g/mol. The summed E-state index contributed by atoms with van der Waals surface area (Å²) in [7, 11) is 0. The van der Waals surface area contributed by atoms with Crippen LogP contribution in [0.1, 0.15) is 31.9 Å². The van der Waals surface area contributed by atoms with Gasteiger partial charge in [0.2, 0.25) is 0 Å². The Labute approximate surface area is 104 Å². The van der Waals surface area contributed by atoms with Gasteiger partial charge in [0.05, 0.1) is 12.2 Å². The van der Waals surface area contributed by atoms with Crippen LogP contribution in [-0.2, 0) is 4.74 Å². The van der Waals surface area contributed by atoms with Crippen molar-refractivity contribution < 1.29 is 9.84 Å². The minimum atomic E-state index is -0.429. The maximum absolute atomic E-state index is 9.87. The summed E-state index contributed by atoms with van der Waals surface area (Å²) in [6.07, 6.45) is 0.840. The van der Waals surface area contributed by atoms with Crippen LogP contribution < -0.4 is 5.32 Å². The molecule has 1 atom stereocenters. The first-order valence-electron chi connectivity index (χ1n) is 6.25. The van der Waals surface area contributed by atoms with Gasteiger partial charge in [-0.1, -0.05) is 30.3 Å². The Kier molecular flexibility index (Phi) is 6.86. The number of aliphatic hydroxyl groups is 1. The van der Waals surface area contributed by atoms with E-state index in [9.17, 15) is 5.11 Å². The molecule has 2 N–H and O–H groups in total. The summed E-state index contributed by atoms with van der Waals surface area (Å²) in [6, 6.07) is 9.71. The molecule has 0 aliphatic heterocycles. The van der Waals surface area contributed by atoms with Crippen molar-refractivity contribution in [3.63, 3.8) is 0 Å². The fourth-order valence-electron chi connectivity index (χ4n) is 1.55. The SMILES string of the molecule is CC(C)OCCCNC[C@H](O)c1ccccc1. The lowest BCUT2D eigenvalue weighted by atomic mass is 10.1. The Morgan fingerprint density at radius 3 is 2.59 bits per heavy atom. The van der Waals surface area contributed by atoms with E-state index in [-0.39, 0.29) is 0 Å². The van der Waals surface area contributed by atoms with Crippen LogP contribution >= 0.6 is 0 Å². The summed E-state index contributed by atoms with van der Waals surface area (Å²) in [4.78, 5) is 0. The minimum absolute atomic E-state index is 0.296. The third-order valence-corrected chi connectivity index (χ3v) is 2.47. The van der Waals surface area contributed by atoms with E-state index in [0.29, 0.717) is 12.6 Å². The molecule has 1 rings (SSSR count). The average molecular weight is 237 g/mol. The average Bonchev–Trinajstić information content (AvgIpc) is 2.34. The number of nitrogens with one attached hydrogen (secondary N) is 1. The summed E-state index contributed by atoms with van der Waals surface area (Å²) in [5, 5.41) is 13.1. The number of hydrogen-bond acceptors (Lipinski definition) is 3. The lowest BCUT2D eigenvalue weighted by Gasteiger charge is -2.12. The molecule has 0 spiro atoms. The van der Waals surface area contributed by atoms with Crippen LogP contribution in [0.25, 0.3) is 0 Å². The molecular weight excluding hydrogens is 214 g/mol. The fourth-order valence-corrected chi connectivity index (χ4v) is 1.55. The number of rotatable bonds is 8. The standard InChI is InChI=1S/C14H23NO2/c1-12(2)17-10-6-9-15-11-14(16)13-7-4-3-5-8-13/h3-5,7-8,12,14-16H,6,9-11H2,1-2H3/t14-/m0/s1. The first kappa shape index (κ1) is 14.2. The molecule has 0 fully saturated rings. The number of benzene rings is 1. The van der Waals surface area contributed by atoms with Crippen LogP contribution in [0.4, 0.5) is 0 Å². The highest BCUT2D eigenvalue weighted by atomic mass is 16.5. The number of aliphatic hydroxyl groups excluding tert-OH is 1. The van der Waals surface area contributed by atoms with Crippen molar-refractivity contribution in [1.82, 2.24) is 5.32 Å². The summed E-state index contributed by atoms with van der Waals surface area (Å²) >= 11 is 0. The fraction of sp³-hybridized carbons (Fsp3) is 0.571. The van der Waals surface area contributed by atoms with Crippen molar-refractivity contribution >= 4 is 0 Å². The molecule has 0 unspecified atom stereocenters. The molecule has 0 aromatic heterocycles. The van der Waals surface area contributed by atoms with Gasteiger partial charge in [-0.05, 0) is 32.4 Å². The summed E-state index contributed by atoms with van der Waals surface area (Å²) < 4.78 is 5.43. The maximum Gasteiger partial charge on any atom is 0.0914 e. The molecule has 1 aromatic rings. The van der Waals surface area contributed by atoms with Crippen LogP contribution in [0.2, 0.25) is 0 Å². The zero-order valence-electron chi connectivity index (χ0n) is 10.7. The smallest absolute Gasteiger partial charge is 0.0914 e. The molecule has 3 heteroatoms. The normalized spacial score (nSPS) is 12.9. The molecule has 0 heterocycles. The van der Waals surface area contributed by atoms with Gasteiger partial charge in [-0.2, -0.15) is 0 Å². The largest absolute Gasteiger partial charge is 0.387 e. The number of hydrogen-bond donors (Lipinski definition) is 2. The van der Waals surface area contributed by atoms with Crippen LogP contribution in [0.3, 0.4) is 0 Å². The van der Waals surface area contributed by atoms with Gasteiger partial charge < -0.3 is 15.2 Å². The van der Waals surface area contributed by atoms with Gasteiger partial charge >= 0.3 is 0 Å². The van der Waals surface area contributed by atoms with Gasteiger partial charge in [-0.15, -0.1) is 0 Å². The molecule has 0 saturated carbocycles. The molecule has 0 bridgehead atoms. The Morgan fingerprint density at radius 2 is 1.94 bits per heavy atom. The summed E-state index contributed by atoms with van der Waals surface area (Å²) in [6.45, 7) is 6.30. The van der Waals surface area contributed by atoms with Crippen LogP contribution in [-0.4, -0.2) is 30.9 Å². The first-order valence-corrected chi connectivity index (χ1v) is 6.25. The second-order valence-corrected chi connectivity index (χ2v) is 4.40. The van der Waals surface area contributed by atoms with E-state index in [0.717, 1.165) is 25.1 Å². The zero-order valence-corrected chi connectivity index (χ0v) is 10.7. The molecule has 96 valence electrons. The van der Waals surface area contributed by atoms with Gasteiger partial charge in [0.1, 0.15) is 0 Å². The van der Waals surface area contributed by atoms with Crippen molar-refractivity contribution in [2.75, 3.05) is 19.7 Å². The molecule has 0 aliphatic carbocycles. The number of ether oxygens (including phenoxy) is 1. The molecule has 1 aromatic carbocycles. The van der Waals surface area contributed by atoms with E-state index < -0.39 is 6.10 Å². The summed E-state index contributed by atoms with van der Waals surface area (Å²) in [5.41, 5.74) is 0.957. The predicted octanol–water partition coefficient (Wildman–Crippen LogP) is 2.12. The highest BCUT2D eigenvalue weighted by molar-refractivity contribution is 5.17. The lowest BCUT2D eigenvalue weighted by molar-refractivity contribution is 0.0763. The highest BCUT2D eigenvalue weighted by Gasteiger charge is 2.05. The van der Waals surface area contributed by atoms with Crippen LogP contribution in [0, 0.1) is 0 Å². The highest BCUT2D eigenvalue weighted by Crippen LogP contribution is 2.10. The minimum Gasteiger partial charge on any atom is -0.387 e. The Balaban J connectivity index is 2.07.